The Kier molecular flexibility index (Phi) is 2.67. The maximum Gasteiger partial charge on any atom is 0.244 e. The first-order valence-corrected chi connectivity index (χ1v) is 6.74. The van der Waals surface area contributed by atoms with Crippen LogP contribution in [0.15, 0.2) is 24.3 Å². The number of nitrogens with one attached hydrogen (secondary N) is 1. The molecule has 3 rings (SSSR count). The lowest BCUT2D eigenvalue weighted by Crippen LogP contribution is -2.43. The Hall–Kier alpha value is -1.35. The van der Waals surface area contributed by atoms with E-state index in [-0.39, 0.29) is 17.6 Å². The largest absolute Gasteiger partial charge is 0.324 e. The first-order chi connectivity index (χ1) is 8.62. The fourth-order valence-electron chi connectivity index (χ4n) is 3.36. The average molecular weight is 244 g/mol. The molecule has 1 aromatic carbocycles. The first-order valence-electron chi connectivity index (χ1n) is 6.74. The van der Waals surface area contributed by atoms with Crippen LogP contribution in [0.1, 0.15) is 43.0 Å². The molecule has 0 bridgehead atoms. The second kappa shape index (κ2) is 4.09. The van der Waals surface area contributed by atoms with Crippen LogP contribution in [-0.2, 0) is 4.79 Å². The number of carbonyl (C=O) groups excluding carboxylic acids is 1. The van der Waals surface area contributed by atoms with Gasteiger partial charge in [-0.2, -0.15) is 0 Å². The molecule has 2 fully saturated rings. The van der Waals surface area contributed by atoms with Crippen LogP contribution < -0.4 is 5.32 Å². The second-order valence-corrected chi connectivity index (χ2v) is 5.67. The van der Waals surface area contributed by atoms with Gasteiger partial charge in [0.15, 0.2) is 0 Å². The van der Waals surface area contributed by atoms with Crippen molar-refractivity contribution in [2.75, 3.05) is 7.05 Å². The molecular weight excluding hydrogens is 224 g/mol. The highest BCUT2D eigenvalue weighted by Crippen LogP contribution is 2.39. The summed E-state index contributed by atoms with van der Waals surface area (Å²) in [5.41, 5.74) is 2.15. The summed E-state index contributed by atoms with van der Waals surface area (Å²) in [6.45, 7) is 2.09. The van der Waals surface area contributed by atoms with E-state index in [1.54, 1.807) is 0 Å². The maximum atomic E-state index is 12.5. The van der Waals surface area contributed by atoms with Crippen LogP contribution in [0.25, 0.3) is 0 Å². The molecule has 0 radical (unpaired) electrons. The van der Waals surface area contributed by atoms with Gasteiger partial charge in [0.2, 0.25) is 5.91 Å². The molecule has 18 heavy (non-hydrogen) atoms. The van der Waals surface area contributed by atoms with Gasteiger partial charge in [-0.25, -0.2) is 0 Å². The molecule has 1 unspecified atom stereocenters. The Balaban J connectivity index is 1.93. The van der Waals surface area contributed by atoms with Crippen molar-refractivity contribution >= 4 is 5.91 Å². The zero-order valence-electron chi connectivity index (χ0n) is 11.1. The van der Waals surface area contributed by atoms with Crippen molar-refractivity contribution < 1.29 is 4.79 Å². The van der Waals surface area contributed by atoms with Crippen LogP contribution in [0.5, 0.6) is 0 Å². The number of aryl methyl sites for hydroxylation is 1. The third kappa shape index (κ3) is 1.65. The van der Waals surface area contributed by atoms with Crippen molar-refractivity contribution in [3.63, 3.8) is 0 Å². The van der Waals surface area contributed by atoms with E-state index in [0.29, 0.717) is 0 Å². The summed E-state index contributed by atoms with van der Waals surface area (Å²) in [5.74, 6) is 0.270. The molecule has 1 aromatic rings. The fraction of sp³-hybridized carbons (Fsp3) is 0.533. The van der Waals surface area contributed by atoms with Crippen molar-refractivity contribution in [2.24, 2.45) is 0 Å². The lowest BCUT2D eigenvalue weighted by Gasteiger charge is -2.21. The smallest absolute Gasteiger partial charge is 0.244 e. The normalized spacial score (nSPS) is 26.2. The highest BCUT2D eigenvalue weighted by Gasteiger charge is 2.51. The van der Waals surface area contributed by atoms with Gasteiger partial charge in [-0.15, -0.1) is 0 Å². The van der Waals surface area contributed by atoms with E-state index < -0.39 is 0 Å². The van der Waals surface area contributed by atoms with Crippen molar-refractivity contribution in [3.05, 3.63) is 35.4 Å². The summed E-state index contributed by atoms with van der Waals surface area (Å²) in [7, 11) is 1.91. The molecule has 1 heterocycles. The predicted octanol–water partition coefficient (Wildman–Crippen LogP) is 2.37. The molecule has 1 amide bonds. The number of amides is 1. The van der Waals surface area contributed by atoms with Gasteiger partial charge in [-0.3, -0.25) is 10.1 Å². The molecule has 3 nitrogen and oxygen atoms in total. The lowest BCUT2D eigenvalue weighted by atomic mass is 9.98. The zero-order chi connectivity index (χ0) is 12.8. The zero-order valence-corrected chi connectivity index (χ0v) is 11.1. The average Bonchev–Trinajstić information content (AvgIpc) is 2.92. The van der Waals surface area contributed by atoms with Crippen molar-refractivity contribution in [1.82, 2.24) is 10.2 Å². The van der Waals surface area contributed by atoms with Gasteiger partial charge in [0, 0.05) is 7.05 Å². The number of benzene rings is 1. The number of carbonyl (C=O) groups is 1. The lowest BCUT2D eigenvalue weighted by molar-refractivity contribution is -0.132. The third-order valence-corrected chi connectivity index (χ3v) is 4.35. The van der Waals surface area contributed by atoms with Gasteiger partial charge in [0.05, 0.1) is 5.54 Å². The Morgan fingerprint density at radius 2 is 2.06 bits per heavy atom. The minimum atomic E-state index is -0.275. The molecule has 96 valence electrons. The number of likely N-dealkylation sites (N-methyl/N-ethyl adjacent to an activating group) is 1. The van der Waals surface area contributed by atoms with E-state index in [4.69, 9.17) is 0 Å². The number of hydrogen-bond acceptors (Lipinski definition) is 2. The molecule has 1 saturated carbocycles. The van der Waals surface area contributed by atoms with E-state index in [1.165, 1.54) is 11.1 Å². The van der Waals surface area contributed by atoms with E-state index in [2.05, 4.69) is 36.5 Å². The molecule has 0 aromatic heterocycles. The molecule has 1 aliphatic heterocycles. The van der Waals surface area contributed by atoms with E-state index in [1.807, 2.05) is 11.9 Å². The van der Waals surface area contributed by atoms with E-state index in [0.717, 1.165) is 25.7 Å². The summed E-state index contributed by atoms with van der Waals surface area (Å²) in [6, 6.07) is 8.41. The summed E-state index contributed by atoms with van der Waals surface area (Å²) in [4.78, 5) is 14.3. The highest BCUT2D eigenvalue weighted by molar-refractivity contribution is 5.89. The van der Waals surface area contributed by atoms with E-state index >= 15 is 0 Å². The van der Waals surface area contributed by atoms with Gasteiger partial charge in [0.1, 0.15) is 6.17 Å². The topological polar surface area (TPSA) is 32.3 Å². The Bertz CT molecular complexity index is 477. The third-order valence-electron chi connectivity index (χ3n) is 4.35. The first kappa shape index (κ1) is 11.7. The molecule has 3 heteroatoms. The Morgan fingerprint density at radius 1 is 1.33 bits per heavy atom. The van der Waals surface area contributed by atoms with Crippen LogP contribution in [-0.4, -0.2) is 23.4 Å². The summed E-state index contributed by atoms with van der Waals surface area (Å²) in [6.07, 6.45) is 4.33. The number of rotatable bonds is 1. The minimum absolute atomic E-state index is 0.0375. The summed E-state index contributed by atoms with van der Waals surface area (Å²) in [5, 5.41) is 3.59. The van der Waals surface area contributed by atoms with Crippen LogP contribution in [0.2, 0.25) is 0 Å². The number of hydrogen-bond donors (Lipinski definition) is 1. The van der Waals surface area contributed by atoms with Crippen LogP contribution in [0.3, 0.4) is 0 Å². The standard InChI is InChI=1S/C15H20N2O/c1-11-6-5-7-12(10-11)13-16-15(8-3-4-9-15)14(18)17(13)2/h5-7,10,13,16H,3-4,8-9H2,1-2H3. The molecule has 1 spiro atoms. The molecule has 2 aliphatic rings. The Labute approximate surface area is 108 Å². The molecule has 1 aliphatic carbocycles. The van der Waals surface area contributed by atoms with Gasteiger partial charge in [-0.1, -0.05) is 42.7 Å². The summed E-state index contributed by atoms with van der Waals surface area (Å²) >= 11 is 0. The predicted molar refractivity (Wildman–Crippen MR) is 71.0 cm³/mol. The second-order valence-electron chi connectivity index (χ2n) is 5.67. The Morgan fingerprint density at radius 3 is 2.72 bits per heavy atom. The SMILES string of the molecule is Cc1cccc(C2NC3(CCCC3)C(=O)N2C)c1. The van der Waals surface area contributed by atoms with Crippen molar-refractivity contribution in [2.45, 2.75) is 44.3 Å². The molecule has 1 atom stereocenters. The molecular formula is C15H20N2O. The van der Waals surface area contributed by atoms with Crippen molar-refractivity contribution in [1.29, 1.82) is 0 Å². The maximum absolute atomic E-state index is 12.5. The minimum Gasteiger partial charge on any atom is -0.324 e. The van der Waals surface area contributed by atoms with Gasteiger partial charge in [-0.05, 0) is 25.3 Å². The monoisotopic (exact) mass is 244 g/mol. The highest BCUT2D eigenvalue weighted by atomic mass is 16.2. The van der Waals surface area contributed by atoms with Crippen LogP contribution in [0, 0.1) is 6.92 Å². The van der Waals surface area contributed by atoms with Crippen molar-refractivity contribution in [3.8, 4) is 0 Å². The van der Waals surface area contributed by atoms with Gasteiger partial charge < -0.3 is 4.90 Å². The van der Waals surface area contributed by atoms with Crippen LogP contribution >= 0.6 is 0 Å². The van der Waals surface area contributed by atoms with Gasteiger partial charge in [0.25, 0.3) is 0 Å². The fourth-order valence-corrected chi connectivity index (χ4v) is 3.36. The number of nitrogens with zero attached hydrogens (tertiary/aromatic N) is 1. The summed E-state index contributed by atoms with van der Waals surface area (Å²) < 4.78 is 0. The molecule has 1 saturated heterocycles. The molecule has 1 N–H and O–H groups in total. The van der Waals surface area contributed by atoms with Crippen LogP contribution in [0.4, 0.5) is 0 Å². The quantitative estimate of drug-likeness (QED) is 0.822. The van der Waals surface area contributed by atoms with E-state index in [9.17, 15) is 4.79 Å². The van der Waals surface area contributed by atoms with Gasteiger partial charge >= 0.3 is 0 Å².